The summed E-state index contributed by atoms with van der Waals surface area (Å²) in [6.07, 6.45) is 2.35. The van der Waals surface area contributed by atoms with Gasteiger partial charge in [0.05, 0.1) is 18.6 Å². The van der Waals surface area contributed by atoms with Gasteiger partial charge in [-0.2, -0.15) is 9.94 Å². The van der Waals surface area contributed by atoms with Crippen molar-refractivity contribution in [2.75, 3.05) is 30.9 Å². The summed E-state index contributed by atoms with van der Waals surface area (Å²) in [4.78, 5) is 27.1. The van der Waals surface area contributed by atoms with E-state index in [1.165, 1.54) is 11.7 Å². The molecule has 1 saturated heterocycles. The Labute approximate surface area is 178 Å². The zero-order chi connectivity index (χ0) is 20.9. The highest BCUT2D eigenvalue weighted by atomic mass is 35.5. The number of aryl methyl sites for hydroxylation is 1. The van der Waals surface area contributed by atoms with E-state index in [-0.39, 0.29) is 59.2 Å². The standard InChI is InChI=1S/C19H23FN6O3.ClH/c1-29-16-14-11(17(27)26(23)18(28)25(14)6-3-2-5-21)8-12(20)15(16)24-7-4-19(10-24)9-13(19)22;/h8,13H,2-4,6-7,9-10,22-23H2,1H3;1H. The van der Waals surface area contributed by atoms with Crippen molar-refractivity contribution in [3.63, 3.8) is 0 Å². The monoisotopic (exact) mass is 438 g/mol. The molecule has 1 aromatic heterocycles. The van der Waals surface area contributed by atoms with Crippen molar-refractivity contribution in [1.82, 2.24) is 9.24 Å². The number of halogens is 2. The lowest BCUT2D eigenvalue weighted by Gasteiger charge is -2.24. The van der Waals surface area contributed by atoms with E-state index in [1.54, 1.807) is 0 Å². The van der Waals surface area contributed by atoms with Crippen molar-refractivity contribution >= 4 is 29.0 Å². The lowest BCUT2D eigenvalue weighted by molar-refractivity contribution is 0.412. The van der Waals surface area contributed by atoms with E-state index in [1.807, 2.05) is 11.0 Å². The minimum absolute atomic E-state index is 0. The highest BCUT2D eigenvalue weighted by molar-refractivity contribution is 5.91. The highest BCUT2D eigenvalue weighted by Gasteiger charge is 2.56. The summed E-state index contributed by atoms with van der Waals surface area (Å²) in [6.45, 7) is 1.36. The Morgan fingerprint density at radius 1 is 1.43 bits per heavy atom. The summed E-state index contributed by atoms with van der Waals surface area (Å²) < 4.78 is 22.4. The molecule has 2 fully saturated rings. The predicted molar refractivity (Wildman–Crippen MR) is 113 cm³/mol. The molecule has 2 heterocycles. The molecule has 162 valence electrons. The molecule has 2 atom stereocenters. The molecule has 1 spiro atoms. The van der Waals surface area contributed by atoms with Crippen LogP contribution in [0.25, 0.3) is 10.9 Å². The SMILES string of the molecule is COc1c(N2CCC3(CC3N)C2)c(F)cc2c(=O)n(N)c(=O)n(CCCC#N)c12.Cl. The van der Waals surface area contributed by atoms with Gasteiger partial charge < -0.3 is 21.2 Å². The molecule has 1 aliphatic carbocycles. The Kier molecular flexibility index (Phi) is 5.71. The number of nitrogens with zero attached hydrogens (tertiary/aromatic N) is 4. The first-order valence-corrected chi connectivity index (χ1v) is 9.53. The first-order chi connectivity index (χ1) is 13.8. The summed E-state index contributed by atoms with van der Waals surface area (Å²) in [5, 5.41) is 8.78. The molecular weight excluding hydrogens is 415 g/mol. The summed E-state index contributed by atoms with van der Waals surface area (Å²) in [6, 6.07) is 3.23. The number of hydrogen-bond donors (Lipinski definition) is 2. The fourth-order valence-corrected chi connectivity index (χ4v) is 4.43. The van der Waals surface area contributed by atoms with Crippen LogP contribution >= 0.6 is 12.4 Å². The van der Waals surface area contributed by atoms with Crippen molar-refractivity contribution < 1.29 is 9.13 Å². The van der Waals surface area contributed by atoms with Gasteiger partial charge in [0.1, 0.15) is 11.2 Å². The molecule has 1 aromatic carbocycles. The predicted octanol–water partition coefficient (Wildman–Crippen LogP) is 0.678. The normalized spacial score (nSPS) is 22.2. The van der Waals surface area contributed by atoms with Crippen molar-refractivity contribution in [1.29, 1.82) is 5.26 Å². The summed E-state index contributed by atoms with van der Waals surface area (Å²) in [5.41, 5.74) is 4.95. The van der Waals surface area contributed by atoms with Crippen LogP contribution in [-0.4, -0.2) is 35.5 Å². The van der Waals surface area contributed by atoms with E-state index in [9.17, 15) is 9.59 Å². The number of nitrogen functional groups attached to an aromatic ring is 1. The number of anilines is 1. The average Bonchev–Trinajstić information content (AvgIpc) is 3.12. The van der Waals surface area contributed by atoms with E-state index in [4.69, 9.17) is 21.6 Å². The zero-order valence-electron chi connectivity index (χ0n) is 16.6. The number of hydrogen-bond acceptors (Lipinski definition) is 7. The van der Waals surface area contributed by atoms with Gasteiger partial charge in [0.2, 0.25) is 0 Å². The second-order valence-electron chi connectivity index (χ2n) is 7.85. The lowest BCUT2D eigenvalue weighted by atomic mass is 10.1. The fourth-order valence-electron chi connectivity index (χ4n) is 4.43. The Morgan fingerprint density at radius 2 is 2.13 bits per heavy atom. The molecule has 1 saturated carbocycles. The molecule has 11 heteroatoms. The Hall–Kier alpha value is -2.77. The number of rotatable bonds is 5. The van der Waals surface area contributed by atoms with Crippen LogP contribution in [0.1, 0.15) is 25.7 Å². The van der Waals surface area contributed by atoms with Crippen LogP contribution in [0.3, 0.4) is 0 Å². The van der Waals surface area contributed by atoms with Crippen molar-refractivity contribution in [2.24, 2.45) is 11.1 Å². The Balaban J connectivity index is 0.00000256. The number of methoxy groups -OCH3 is 1. The number of nitriles is 1. The molecule has 0 bridgehead atoms. The van der Waals surface area contributed by atoms with Crippen LogP contribution in [0.15, 0.2) is 15.7 Å². The molecule has 4 rings (SSSR count). The van der Waals surface area contributed by atoms with Crippen LogP contribution in [0.5, 0.6) is 5.75 Å². The minimum Gasteiger partial charge on any atom is -0.492 e. The maximum atomic E-state index is 15.2. The van der Waals surface area contributed by atoms with Gasteiger partial charge in [-0.1, -0.05) is 0 Å². The van der Waals surface area contributed by atoms with E-state index in [0.717, 1.165) is 18.9 Å². The highest BCUT2D eigenvalue weighted by Crippen LogP contribution is 2.53. The quantitative estimate of drug-likeness (QED) is 0.518. The van der Waals surface area contributed by atoms with Gasteiger partial charge >= 0.3 is 5.69 Å². The molecule has 9 nitrogen and oxygen atoms in total. The van der Waals surface area contributed by atoms with Crippen molar-refractivity contribution in [3.05, 3.63) is 32.7 Å². The van der Waals surface area contributed by atoms with E-state index < -0.39 is 17.1 Å². The second kappa shape index (κ2) is 7.81. The number of aromatic nitrogens is 2. The van der Waals surface area contributed by atoms with Gasteiger partial charge in [-0.3, -0.25) is 9.36 Å². The van der Waals surface area contributed by atoms with Crippen LogP contribution in [0.4, 0.5) is 10.1 Å². The Bertz CT molecular complexity index is 1160. The number of unbranched alkanes of at least 4 members (excludes halogenated alkanes) is 1. The van der Waals surface area contributed by atoms with E-state index in [0.29, 0.717) is 24.2 Å². The third-order valence-electron chi connectivity index (χ3n) is 6.17. The second-order valence-corrected chi connectivity index (χ2v) is 7.85. The first kappa shape index (κ1) is 21.9. The first-order valence-electron chi connectivity index (χ1n) is 9.53. The third kappa shape index (κ3) is 3.18. The summed E-state index contributed by atoms with van der Waals surface area (Å²) in [7, 11) is 1.38. The van der Waals surface area contributed by atoms with Gasteiger partial charge in [-0.15, -0.1) is 12.4 Å². The van der Waals surface area contributed by atoms with Crippen LogP contribution in [-0.2, 0) is 6.54 Å². The van der Waals surface area contributed by atoms with Crippen molar-refractivity contribution in [3.8, 4) is 11.8 Å². The summed E-state index contributed by atoms with van der Waals surface area (Å²) >= 11 is 0. The largest absolute Gasteiger partial charge is 0.492 e. The molecule has 0 radical (unpaired) electrons. The molecule has 2 aliphatic rings. The number of fused-ring (bicyclic) bond motifs is 1. The topological polar surface area (TPSA) is 132 Å². The molecule has 1 aliphatic heterocycles. The molecule has 2 aromatic rings. The average molecular weight is 439 g/mol. The van der Waals surface area contributed by atoms with Gasteiger partial charge in [0.25, 0.3) is 5.56 Å². The molecule has 0 amide bonds. The lowest BCUT2D eigenvalue weighted by Crippen LogP contribution is -2.45. The maximum absolute atomic E-state index is 15.2. The van der Waals surface area contributed by atoms with E-state index in [2.05, 4.69) is 0 Å². The molecular formula is C19H24ClFN6O3. The van der Waals surface area contributed by atoms with E-state index >= 15 is 4.39 Å². The van der Waals surface area contributed by atoms with Crippen LogP contribution in [0, 0.1) is 22.6 Å². The number of ether oxygens (including phenoxy) is 1. The van der Waals surface area contributed by atoms with Gasteiger partial charge in [0.15, 0.2) is 11.6 Å². The molecule has 4 N–H and O–H groups in total. The summed E-state index contributed by atoms with van der Waals surface area (Å²) in [5.74, 6) is 5.14. The smallest absolute Gasteiger partial charge is 0.350 e. The maximum Gasteiger partial charge on any atom is 0.350 e. The van der Waals surface area contributed by atoms with Crippen LogP contribution < -0.4 is 32.5 Å². The zero-order valence-corrected chi connectivity index (χ0v) is 17.4. The van der Waals surface area contributed by atoms with Crippen molar-refractivity contribution in [2.45, 2.75) is 38.3 Å². The van der Waals surface area contributed by atoms with Gasteiger partial charge in [-0.05, 0) is 25.3 Å². The number of benzene rings is 1. The molecule has 30 heavy (non-hydrogen) atoms. The van der Waals surface area contributed by atoms with Crippen LogP contribution in [0.2, 0.25) is 0 Å². The van der Waals surface area contributed by atoms with Gasteiger partial charge in [-0.25, -0.2) is 9.18 Å². The third-order valence-corrected chi connectivity index (χ3v) is 6.17. The Morgan fingerprint density at radius 3 is 2.70 bits per heavy atom. The number of nitrogens with two attached hydrogens (primary N) is 2. The minimum atomic E-state index is -0.799. The molecule has 2 unspecified atom stereocenters. The fraction of sp³-hybridized carbons (Fsp3) is 0.526. The van der Waals surface area contributed by atoms with Gasteiger partial charge in [0, 0.05) is 37.5 Å².